The fourth-order valence-electron chi connectivity index (χ4n) is 2.19. The van der Waals surface area contributed by atoms with Crippen molar-refractivity contribution in [3.8, 4) is 0 Å². The van der Waals surface area contributed by atoms with E-state index in [1.807, 2.05) is 13.8 Å². The smallest absolute Gasteiger partial charge is 0.375 e. The zero-order chi connectivity index (χ0) is 14.9. The van der Waals surface area contributed by atoms with E-state index in [0.29, 0.717) is 13.2 Å². The Labute approximate surface area is 115 Å². The fourth-order valence-corrected chi connectivity index (χ4v) is 2.19. The van der Waals surface area contributed by atoms with E-state index in [9.17, 15) is 18.0 Å². The Kier molecular flexibility index (Phi) is 4.04. The molecule has 0 bridgehead atoms. The van der Waals surface area contributed by atoms with E-state index in [0.717, 1.165) is 12.1 Å². The van der Waals surface area contributed by atoms with Crippen LogP contribution in [0.1, 0.15) is 29.8 Å². The van der Waals surface area contributed by atoms with Crippen molar-refractivity contribution in [2.45, 2.75) is 32.2 Å². The maximum absolute atomic E-state index is 12.5. The highest BCUT2D eigenvalue weighted by Gasteiger charge is 2.32. The molecule has 20 heavy (non-hydrogen) atoms. The van der Waals surface area contributed by atoms with Gasteiger partial charge in [0.25, 0.3) is 5.91 Å². The van der Waals surface area contributed by atoms with Crippen LogP contribution < -0.4 is 0 Å². The van der Waals surface area contributed by atoms with Crippen molar-refractivity contribution in [1.82, 2.24) is 4.90 Å². The number of carbonyl (C=O) groups is 1. The van der Waals surface area contributed by atoms with Crippen molar-refractivity contribution < 1.29 is 22.7 Å². The van der Waals surface area contributed by atoms with Crippen molar-refractivity contribution in [2.24, 2.45) is 0 Å². The summed E-state index contributed by atoms with van der Waals surface area (Å²) in [6.45, 7) is 4.63. The zero-order valence-electron chi connectivity index (χ0n) is 11.3. The molecule has 1 fully saturated rings. The Balaban J connectivity index is 2.17. The van der Waals surface area contributed by atoms with Crippen LogP contribution in [-0.2, 0) is 10.9 Å². The maximum Gasteiger partial charge on any atom is 0.416 e. The number of amides is 1. The molecule has 1 aliphatic rings. The Bertz CT molecular complexity index is 484. The molecule has 1 heterocycles. The van der Waals surface area contributed by atoms with Gasteiger partial charge in [0.1, 0.15) is 0 Å². The summed E-state index contributed by atoms with van der Waals surface area (Å²) in [5.41, 5.74) is -0.489. The highest BCUT2D eigenvalue weighted by Crippen LogP contribution is 2.29. The summed E-state index contributed by atoms with van der Waals surface area (Å²) >= 11 is 0. The molecule has 0 aromatic heterocycles. The van der Waals surface area contributed by atoms with Gasteiger partial charge in [0.2, 0.25) is 0 Å². The minimum Gasteiger partial charge on any atom is -0.375 e. The molecule has 2 atom stereocenters. The average Bonchev–Trinajstić information content (AvgIpc) is 2.40. The first-order valence-electron chi connectivity index (χ1n) is 6.40. The van der Waals surface area contributed by atoms with Crippen molar-refractivity contribution in [1.29, 1.82) is 0 Å². The van der Waals surface area contributed by atoms with Gasteiger partial charge in [0, 0.05) is 12.1 Å². The zero-order valence-corrected chi connectivity index (χ0v) is 11.3. The standard InChI is InChI=1S/C14H16F3NO2/c1-9-10(2)20-8-7-18(9)13(19)11-3-5-12(6-4-11)14(15,16)17/h3-6,9-10H,7-8H2,1-2H3. The molecule has 0 radical (unpaired) electrons. The fraction of sp³-hybridized carbons (Fsp3) is 0.500. The number of nitrogens with zero attached hydrogens (tertiary/aromatic N) is 1. The first kappa shape index (κ1) is 14.8. The normalized spacial score (nSPS) is 23.8. The Morgan fingerprint density at radius 3 is 2.40 bits per heavy atom. The SMILES string of the molecule is CC1OCCN(C(=O)c2ccc(C(F)(F)F)cc2)C1C. The summed E-state index contributed by atoms with van der Waals surface area (Å²) in [5.74, 6) is -0.263. The Hall–Kier alpha value is -1.56. The molecular formula is C14H16F3NO2. The van der Waals surface area contributed by atoms with E-state index >= 15 is 0 Å². The molecule has 1 aromatic carbocycles. The van der Waals surface area contributed by atoms with Gasteiger partial charge in [-0.3, -0.25) is 4.79 Å². The third-order valence-corrected chi connectivity index (χ3v) is 3.60. The van der Waals surface area contributed by atoms with Crippen molar-refractivity contribution in [3.05, 3.63) is 35.4 Å². The number of carbonyl (C=O) groups excluding carboxylic acids is 1. The third-order valence-electron chi connectivity index (χ3n) is 3.60. The summed E-state index contributed by atoms with van der Waals surface area (Å²) in [6.07, 6.45) is -4.47. The van der Waals surface area contributed by atoms with Crippen LogP contribution in [0.3, 0.4) is 0 Å². The third kappa shape index (κ3) is 2.95. The van der Waals surface area contributed by atoms with Crippen molar-refractivity contribution in [3.63, 3.8) is 0 Å². The van der Waals surface area contributed by atoms with Crippen molar-refractivity contribution >= 4 is 5.91 Å². The van der Waals surface area contributed by atoms with E-state index in [4.69, 9.17) is 4.74 Å². The maximum atomic E-state index is 12.5. The molecule has 110 valence electrons. The van der Waals surface area contributed by atoms with Crippen LogP contribution in [0.4, 0.5) is 13.2 Å². The second-order valence-electron chi connectivity index (χ2n) is 4.89. The molecule has 1 saturated heterocycles. The van der Waals surface area contributed by atoms with Crippen LogP contribution >= 0.6 is 0 Å². The van der Waals surface area contributed by atoms with Gasteiger partial charge in [-0.2, -0.15) is 13.2 Å². The van der Waals surface area contributed by atoms with Crippen LogP contribution in [0.25, 0.3) is 0 Å². The predicted molar refractivity (Wildman–Crippen MR) is 67.4 cm³/mol. The van der Waals surface area contributed by atoms with E-state index in [1.54, 1.807) is 4.90 Å². The minimum absolute atomic E-state index is 0.0813. The Morgan fingerprint density at radius 1 is 1.25 bits per heavy atom. The quantitative estimate of drug-likeness (QED) is 0.794. The lowest BCUT2D eigenvalue weighted by atomic mass is 10.1. The van der Waals surface area contributed by atoms with E-state index in [1.165, 1.54) is 12.1 Å². The van der Waals surface area contributed by atoms with Crippen LogP contribution in [0.15, 0.2) is 24.3 Å². The number of hydrogen-bond acceptors (Lipinski definition) is 2. The van der Waals surface area contributed by atoms with E-state index < -0.39 is 11.7 Å². The predicted octanol–water partition coefficient (Wildman–Crippen LogP) is 2.95. The topological polar surface area (TPSA) is 29.5 Å². The summed E-state index contributed by atoms with van der Waals surface area (Å²) in [5, 5.41) is 0. The lowest BCUT2D eigenvalue weighted by Gasteiger charge is -2.37. The van der Waals surface area contributed by atoms with Crippen LogP contribution in [0.2, 0.25) is 0 Å². The number of alkyl halides is 3. The van der Waals surface area contributed by atoms with Gasteiger partial charge in [-0.05, 0) is 38.1 Å². The molecule has 1 aliphatic heterocycles. The molecule has 2 rings (SSSR count). The lowest BCUT2D eigenvalue weighted by molar-refractivity contribution is -0.137. The molecule has 6 heteroatoms. The first-order valence-corrected chi connectivity index (χ1v) is 6.40. The van der Waals surface area contributed by atoms with E-state index in [2.05, 4.69) is 0 Å². The van der Waals surface area contributed by atoms with Gasteiger partial charge < -0.3 is 9.64 Å². The largest absolute Gasteiger partial charge is 0.416 e. The van der Waals surface area contributed by atoms with E-state index in [-0.39, 0.29) is 23.6 Å². The number of hydrogen-bond donors (Lipinski definition) is 0. The van der Waals surface area contributed by atoms with Gasteiger partial charge in [0.05, 0.1) is 24.3 Å². The molecule has 1 aromatic rings. The monoisotopic (exact) mass is 287 g/mol. The minimum atomic E-state index is -4.39. The Morgan fingerprint density at radius 2 is 1.85 bits per heavy atom. The number of halogens is 3. The van der Waals surface area contributed by atoms with Gasteiger partial charge in [0.15, 0.2) is 0 Å². The van der Waals surface area contributed by atoms with Gasteiger partial charge in [-0.1, -0.05) is 0 Å². The molecular weight excluding hydrogens is 271 g/mol. The van der Waals surface area contributed by atoms with Gasteiger partial charge >= 0.3 is 6.18 Å². The van der Waals surface area contributed by atoms with Crippen LogP contribution in [0, 0.1) is 0 Å². The van der Waals surface area contributed by atoms with Crippen LogP contribution in [0.5, 0.6) is 0 Å². The summed E-state index contributed by atoms with van der Waals surface area (Å²) in [4.78, 5) is 13.9. The molecule has 1 amide bonds. The second kappa shape index (κ2) is 5.44. The number of rotatable bonds is 1. The van der Waals surface area contributed by atoms with Crippen molar-refractivity contribution in [2.75, 3.05) is 13.2 Å². The number of ether oxygens (including phenoxy) is 1. The summed E-state index contributed by atoms with van der Waals surface area (Å²) in [6, 6.07) is 4.21. The molecule has 3 nitrogen and oxygen atoms in total. The first-order chi connectivity index (χ1) is 9.30. The van der Waals surface area contributed by atoms with Crippen LogP contribution in [-0.4, -0.2) is 36.1 Å². The second-order valence-corrected chi connectivity index (χ2v) is 4.89. The molecule has 0 N–H and O–H groups in total. The van der Waals surface area contributed by atoms with Gasteiger partial charge in [-0.25, -0.2) is 0 Å². The molecule has 0 spiro atoms. The van der Waals surface area contributed by atoms with Gasteiger partial charge in [-0.15, -0.1) is 0 Å². The average molecular weight is 287 g/mol. The summed E-state index contributed by atoms with van der Waals surface area (Å²) < 4.78 is 42.9. The number of benzene rings is 1. The molecule has 2 unspecified atom stereocenters. The molecule has 0 saturated carbocycles. The molecule has 0 aliphatic carbocycles. The highest BCUT2D eigenvalue weighted by atomic mass is 19.4. The summed E-state index contributed by atoms with van der Waals surface area (Å²) in [7, 11) is 0. The number of morpholine rings is 1. The lowest BCUT2D eigenvalue weighted by Crippen LogP contribution is -2.51. The highest BCUT2D eigenvalue weighted by molar-refractivity contribution is 5.94.